The number of benzene rings is 2. The predicted octanol–water partition coefficient (Wildman–Crippen LogP) is 5.36. The topological polar surface area (TPSA) is 51.0 Å². The molecule has 0 aliphatic heterocycles. The third-order valence-electron chi connectivity index (χ3n) is 5.81. The van der Waals surface area contributed by atoms with Gasteiger partial charge in [0.25, 0.3) is 5.56 Å². The van der Waals surface area contributed by atoms with Gasteiger partial charge >= 0.3 is 0 Å². The number of pyridine rings is 1. The van der Waals surface area contributed by atoms with Crippen LogP contribution in [0.5, 0.6) is 0 Å². The zero-order valence-corrected chi connectivity index (χ0v) is 20.0. The normalized spacial score (nSPS) is 12.0. The fraction of sp³-hybridized carbons (Fsp3) is 0.346. The van der Waals surface area contributed by atoms with Crippen molar-refractivity contribution in [3.63, 3.8) is 0 Å². The number of hydrogen-bond acceptors (Lipinski definition) is 5. The number of rotatable bonds is 8. The van der Waals surface area contributed by atoms with Crippen LogP contribution in [0.4, 0.5) is 0 Å². The molecule has 2 heterocycles. The van der Waals surface area contributed by atoms with Crippen LogP contribution in [0.3, 0.4) is 0 Å². The van der Waals surface area contributed by atoms with Crippen molar-refractivity contribution < 1.29 is 0 Å². The molecule has 32 heavy (non-hydrogen) atoms. The summed E-state index contributed by atoms with van der Waals surface area (Å²) < 4.78 is 1.85. The summed E-state index contributed by atoms with van der Waals surface area (Å²) in [5.74, 6) is 0.706. The quantitative estimate of drug-likeness (QED) is 0.270. The van der Waals surface area contributed by atoms with E-state index in [0.29, 0.717) is 29.8 Å². The molecule has 6 heteroatoms. The van der Waals surface area contributed by atoms with Crippen molar-refractivity contribution in [2.24, 2.45) is 0 Å². The van der Waals surface area contributed by atoms with Crippen LogP contribution in [0.1, 0.15) is 33.3 Å². The van der Waals surface area contributed by atoms with Crippen molar-refractivity contribution in [2.45, 2.75) is 57.2 Å². The summed E-state index contributed by atoms with van der Waals surface area (Å²) in [6, 6.07) is 18.7. The Morgan fingerprint density at radius 2 is 1.72 bits per heavy atom. The molecule has 0 fully saturated rings. The first-order valence-electron chi connectivity index (χ1n) is 11.2. The van der Waals surface area contributed by atoms with Gasteiger partial charge in [0.15, 0.2) is 5.16 Å². The largest absolute Gasteiger partial charge is 0.297 e. The second-order valence-corrected chi connectivity index (χ2v) is 9.52. The summed E-state index contributed by atoms with van der Waals surface area (Å²) in [6.07, 6.45) is 1.83. The third-order valence-corrected chi connectivity index (χ3v) is 6.83. The molecular weight excluding hydrogens is 416 g/mol. The van der Waals surface area contributed by atoms with E-state index in [-0.39, 0.29) is 5.56 Å². The molecule has 0 unspecified atom stereocenters. The molecule has 0 aliphatic rings. The first-order valence-corrected chi connectivity index (χ1v) is 12.1. The van der Waals surface area contributed by atoms with Gasteiger partial charge in [-0.15, -0.1) is 0 Å². The molecule has 2 aromatic heterocycles. The van der Waals surface area contributed by atoms with Gasteiger partial charge in [-0.3, -0.25) is 19.2 Å². The lowest BCUT2D eigenvalue weighted by atomic mass is 10.1. The van der Waals surface area contributed by atoms with Gasteiger partial charge in [-0.25, -0.2) is 4.98 Å². The lowest BCUT2D eigenvalue weighted by molar-refractivity contribution is 0.166. The maximum Gasteiger partial charge on any atom is 0.262 e. The molecular formula is C26H30N4OS. The summed E-state index contributed by atoms with van der Waals surface area (Å²) in [6.45, 7) is 10.2. The van der Waals surface area contributed by atoms with Crippen LogP contribution >= 0.6 is 11.8 Å². The average molecular weight is 447 g/mol. The Hall–Kier alpha value is -2.70. The molecule has 0 saturated carbocycles. The highest BCUT2D eigenvalue weighted by molar-refractivity contribution is 7.98. The highest BCUT2D eigenvalue weighted by atomic mass is 32.2. The molecule has 0 N–H and O–H groups in total. The van der Waals surface area contributed by atoms with E-state index in [4.69, 9.17) is 4.98 Å². The van der Waals surface area contributed by atoms with Gasteiger partial charge in [0.05, 0.1) is 16.4 Å². The zero-order chi connectivity index (χ0) is 22.7. The van der Waals surface area contributed by atoms with Crippen molar-refractivity contribution in [1.82, 2.24) is 19.4 Å². The lowest BCUT2D eigenvalue weighted by Gasteiger charge is -2.30. The number of nitrogens with zero attached hydrogens (tertiary/aromatic N) is 4. The Morgan fingerprint density at radius 1 is 0.969 bits per heavy atom. The Morgan fingerprint density at radius 3 is 2.50 bits per heavy atom. The third kappa shape index (κ3) is 4.71. The van der Waals surface area contributed by atoms with E-state index in [9.17, 15) is 4.79 Å². The van der Waals surface area contributed by atoms with Gasteiger partial charge in [-0.1, -0.05) is 48.2 Å². The fourth-order valence-electron chi connectivity index (χ4n) is 4.21. The molecule has 166 valence electrons. The number of para-hydroxylation sites is 2. The van der Waals surface area contributed by atoms with Crippen LogP contribution in [0.15, 0.2) is 70.7 Å². The second-order valence-electron chi connectivity index (χ2n) is 8.57. The van der Waals surface area contributed by atoms with Crippen molar-refractivity contribution in [3.8, 4) is 0 Å². The van der Waals surface area contributed by atoms with Crippen LogP contribution < -0.4 is 5.56 Å². The van der Waals surface area contributed by atoms with E-state index < -0.39 is 0 Å². The van der Waals surface area contributed by atoms with E-state index >= 15 is 0 Å². The highest BCUT2D eigenvalue weighted by Gasteiger charge is 2.17. The molecule has 0 spiro atoms. The van der Waals surface area contributed by atoms with E-state index in [0.717, 1.165) is 33.7 Å². The van der Waals surface area contributed by atoms with Gasteiger partial charge in [0, 0.05) is 42.5 Å². The van der Waals surface area contributed by atoms with E-state index in [1.165, 1.54) is 0 Å². The Kier molecular flexibility index (Phi) is 6.92. The first kappa shape index (κ1) is 22.5. The molecule has 2 aromatic carbocycles. The Bertz CT molecular complexity index is 1270. The van der Waals surface area contributed by atoms with Crippen molar-refractivity contribution >= 4 is 33.6 Å². The van der Waals surface area contributed by atoms with Gasteiger partial charge in [-0.05, 0) is 51.5 Å². The lowest BCUT2D eigenvalue weighted by Crippen LogP contribution is -2.40. The molecule has 0 aliphatic carbocycles. The summed E-state index contributed by atoms with van der Waals surface area (Å²) in [4.78, 5) is 25.3. The van der Waals surface area contributed by atoms with Crippen LogP contribution in [0.25, 0.3) is 21.8 Å². The van der Waals surface area contributed by atoms with Gasteiger partial charge in [-0.2, -0.15) is 0 Å². The maximum atomic E-state index is 13.4. The summed E-state index contributed by atoms with van der Waals surface area (Å²) in [5, 5.41) is 2.55. The molecule has 0 saturated heterocycles. The minimum atomic E-state index is 0.0293. The van der Waals surface area contributed by atoms with E-state index in [1.54, 1.807) is 11.8 Å². The predicted molar refractivity (Wildman–Crippen MR) is 134 cm³/mol. The molecule has 5 nitrogen and oxygen atoms in total. The number of fused-ring (bicyclic) bond motifs is 2. The summed E-state index contributed by atoms with van der Waals surface area (Å²) in [7, 11) is 0. The molecule has 0 atom stereocenters. The Balaban J connectivity index is 1.69. The number of hydrogen-bond donors (Lipinski definition) is 0. The smallest absolute Gasteiger partial charge is 0.262 e. The first-order chi connectivity index (χ1) is 15.5. The van der Waals surface area contributed by atoms with Crippen molar-refractivity contribution in [3.05, 3.63) is 76.7 Å². The van der Waals surface area contributed by atoms with Gasteiger partial charge in [0.2, 0.25) is 0 Å². The van der Waals surface area contributed by atoms with Crippen LogP contribution in [0.2, 0.25) is 0 Å². The zero-order valence-electron chi connectivity index (χ0n) is 19.2. The molecule has 4 rings (SSSR count). The molecule has 0 radical (unpaired) electrons. The maximum absolute atomic E-state index is 13.4. The minimum absolute atomic E-state index is 0.0293. The monoisotopic (exact) mass is 446 g/mol. The van der Waals surface area contributed by atoms with Gasteiger partial charge < -0.3 is 0 Å². The average Bonchev–Trinajstić information content (AvgIpc) is 2.79. The van der Waals surface area contributed by atoms with Crippen molar-refractivity contribution in [2.75, 3.05) is 6.54 Å². The van der Waals surface area contributed by atoms with E-state index in [2.05, 4.69) is 61.8 Å². The molecule has 0 bridgehead atoms. The minimum Gasteiger partial charge on any atom is -0.297 e. The van der Waals surface area contributed by atoms with Crippen LogP contribution in [0, 0.1) is 0 Å². The number of aromatic nitrogens is 3. The summed E-state index contributed by atoms with van der Waals surface area (Å²) in [5.41, 5.74) is 2.93. The van der Waals surface area contributed by atoms with Gasteiger partial charge in [0.1, 0.15) is 0 Å². The van der Waals surface area contributed by atoms with E-state index in [1.807, 2.05) is 41.1 Å². The van der Waals surface area contributed by atoms with Crippen molar-refractivity contribution in [1.29, 1.82) is 0 Å². The fourth-order valence-corrected chi connectivity index (χ4v) is 5.22. The van der Waals surface area contributed by atoms with Crippen LogP contribution in [-0.2, 0) is 12.3 Å². The second kappa shape index (κ2) is 9.84. The molecule has 4 aromatic rings. The SMILES string of the molecule is CC(C)N(CCn1c(SCc2cccc3cccnc23)nc2ccccc2c1=O)C(C)C. The Labute approximate surface area is 193 Å². The molecule has 0 amide bonds. The number of thioether (sulfide) groups is 1. The summed E-state index contributed by atoms with van der Waals surface area (Å²) >= 11 is 1.61. The van der Waals surface area contributed by atoms with Crippen LogP contribution in [-0.4, -0.2) is 38.1 Å². The standard InChI is InChI=1S/C26H30N4OS/c1-18(2)29(19(3)4)15-16-30-25(31)22-12-5-6-13-23(22)28-26(30)32-17-21-10-7-9-20-11-8-14-27-24(20)21/h5-14,18-19H,15-17H2,1-4H3. The highest BCUT2D eigenvalue weighted by Crippen LogP contribution is 2.26.